The molecule has 0 unspecified atom stereocenters. The first-order valence-electron chi connectivity index (χ1n) is 10.3. The van der Waals surface area contributed by atoms with E-state index in [4.69, 9.17) is 4.52 Å². The molecule has 0 spiro atoms. The molecule has 2 aliphatic rings. The van der Waals surface area contributed by atoms with Crippen LogP contribution in [0.15, 0.2) is 22.7 Å². The highest BCUT2D eigenvalue weighted by molar-refractivity contribution is 7.99. The van der Waals surface area contributed by atoms with Gasteiger partial charge in [0.25, 0.3) is 0 Å². The van der Waals surface area contributed by atoms with E-state index < -0.39 is 0 Å². The van der Waals surface area contributed by atoms with Crippen molar-refractivity contribution < 1.29 is 18.5 Å². The first-order chi connectivity index (χ1) is 14.1. The van der Waals surface area contributed by atoms with E-state index in [2.05, 4.69) is 5.16 Å². The average Bonchev–Trinajstić information content (AvgIpc) is 3.17. The molecule has 2 fully saturated rings. The first kappa shape index (κ1) is 20.2. The van der Waals surface area contributed by atoms with Crippen LogP contribution in [0, 0.1) is 5.82 Å². The minimum Gasteiger partial charge on any atom is -0.356 e. The molecule has 0 bridgehead atoms. The van der Waals surface area contributed by atoms with Crippen LogP contribution in [0.5, 0.6) is 0 Å². The van der Waals surface area contributed by atoms with E-state index in [-0.39, 0.29) is 23.5 Å². The first-order valence-corrected chi connectivity index (χ1v) is 11.5. The number of fused-ring (bicyclic) bond motifs is 1. The van der Waals surface area contributed by atoms with E-state index in [1.165, 1.54) is 12.1 Å². The second kappa shape index (κ2) is 9.15. The zero-order chi connectivity index (χ0) is 20.2. The largest absolute Gasteiger partial charge is 0.356 e. The van der Waals surface area contributed by atoms with Gasteiger partial charge in [-0.25, -0.2) is 4.39 Å². The molecule has 0 radical (unpaired) electrons. The maximum atomic E-state index is 13.6. The molecular weight excluding hydrogens is 393 g/mol. The lowest BCUT2D eigenvalue weighted by atomic mass is 9.91. The number of piperidine rings is 1. The number of hydrogen-bond donors (Lipinski definition) is 0. The third-order valence-electron chi connectivity index (χ3n) is 5.84. The van der Waals surface area contributed by atoms with Crippen molar-refractivity contribution in [3.05, 3.63) is 29.7 Å². The van der Waals surface area contributed by atoms with Crippen LogP contribution in [0.4, 0.5) is 4.39 Å². The van der Waals surface area contributed by atoms with Gasteiger partial charge in [-0.1, -0.05) is 5.16 Å². The number of carbonyl (C=O) groups excluding carboxylic acids is 2. The van der Waals surface area contributed by atoms with Crippen LogP contribution in [0.25, 0.3) is 11.0 Å². The highest BCUT2D eigenvalue weighted by atomic mass is 32.2. The lowest BCUT2D eigenvalue weighted by Gasteiger charge is -2.31. The number of benzene rings is 1. The fraction of sp³-hybridized carbons (Fsp3) is 0.571. The third kappa shape index (κ3) is 4.74. The molecule has 0 saturated carbocycles. The zero-order valence-corrected chi connectivity index (χ0v) is 17.3. The molecule has 0 atom stereocenters. The van der Waals surface area contributed by atoms with E-state index >= 15 is 0 Å². The van der Waals surface area contributed by atoms with Crippen LogP contribution in [0.3, 0.4) is 0 Å². The molecule has 2 aliphatic heterocycles. The minimum absolute atomic E-state index is 0.113. The van der Waals surface area contributed by atoms with Gasteiger partial charge in [-0.05, 0) is 37.5 Å². The number of aromatic nitrogens is 1. The van der Waals surface area contributed by atoms with E-state index in [0.717, 1.165) is 48.5 Å². The number of carbonyl (C=O) groups is 2. The number of likely N-dealkylation sites (tertiary alicyclic amines) is 1. The molecule has 29 heavy (non-hydrogen) atoms. The maximum absolute atomic E-state index is 13.6. The van der Waals surface area contributed by atoms with Crippen molar-refractivity contribution in [3.8, 4) is 0 Å². The summed E-state index contributed by atoms with van der Waals surface area (Å²) in [5, 5.41) is 4.88. The molecule has 156 valence electrons. The molecule has 6 nitrogen and oxygen atoms in total. The van der Waals surface area contributed by atoms with Crippen molar-refractivity contribution in [2.24, 2.45) is 0 Å². The molecule has 0 N–H and O–H groups in total. The van der Waals surface area contributed by atoms with Crippen molar-refractivity contribution in [3.63, 3.8) is 0 Å². The monoisotopic (exact) mass is 419 g/mol. The summed E-state index contributed by atoms with van der Waals surface area (Å²) < 4.78 is 18.9. The van der Waals surface area contributed by atoms with Crippen molar-refractivity contribution in [2.45, 2.75) is 38.0 Å². The minimum atomic E-state index is -0.299. The zero-order valence-electron chi connectivity index (χ0n) is 16.4. The van der Waals surface area contributed by atoms with E-state index in [0.29, 0.717) is 37.9 Å². The summed E-state index contributed by atoms with van der Waals surface area (Å²) in [6.07, 6.45) is 3.04. The molecule has 2 saturated heterocycles. The Morgan fingerprint density at radius 1 is 1.07 bits per heavy atom. The van der Waals surface area contributed by atoms with Gasteiger partial charge in [0.1, 0.15) is 5.82 Å². The highest BCUT2D eigenvalue weighted by Crippen LogP contribution is 2.33. The van der Waals surface area contributed by atoms with Crippen LogP contribution in [-0.4, -0.2) is 64.5 Å². The van der Waals surface area contributed by atoms with Gasteiger partial charge in [0, 0.05) is 61.8 Å². The Hall–Kier alpha value is -2.09. The number of rotatable bonds is 5. The molecular formula is C21H26FN3O3S. The van der Waals surface area contributed by atoms with E-state index in [9.17, 15) is 14.0 Å². The Bertz CT molecular complexity index is 873. The van der Waals surface area contributed by atoms with E-state index in [1.54, 1.807) is 6.07 Å². The Kier molecular flexibility index (Phi) is 6.37. The number of nitrogens with zero attached hydrogens (tertiary/aromatic N) is 3. The number of hydrogen-bond acceptors (Lipinski definition) is 5. The summed E-state index contributed by atoms with van der Waals surface area (Å²) in [4.78, 5) is 28.5. The Balaban J connectivity index is 1.24. The molecule has 3 heterocycles. The summed E-state index contributed by atoms with van der Waals surface area (Å²) in [6, 6.07) is 4.44. The standard InChI is InChI=1S/C21H26FN3O3S/c22-16-4-5-18-17(14-16)21(23-28-18)15-6-8-24(9-7-15)19(26)2-1-3-20(27)25-10-12-29-13-11-25/h4-5,14-15H,1-3,6-13H2. The molecule has 4 rings (SSSR count). The van der Waals surface area contributed by atoms with Gasteiger partial charge in [-0.3, -0.25) is 9.59 Å². The normalized spacial score (nSPS) is 18.4. The van der Waals surface area contributed by atoms with Crippen molar-refractivity contribution in [1.82, 2.24) is 15.0 Å². The Morgan fingerprint density at radius 2 is 1.72 bits per heavy atom. The summed E-state index contributed by atoms with van der Waals surface area (Å²) in [6.45, 7) is 2.96. The molecule has 1 aromatic carbocycles. The fourth-order valence-corrected chi connectivity index (χ4v) is 5.05. The van der Waals surface area contributed by atoms with Crippen LogP contribution >= 0.6 is 11.8 Å². The van der Waals surface area contributed by atoms with Crippen LogP contribution in [0.1, 0.15) is 43.7 Å². The van der Waals surface area contributed by atoms with E-state index in [1.807, 2.05) is 21.6 Å². The predicted octanol–water partition coefficient (Wildman–Crippen LogP) is 3.42. The smallest absolute Gasteiger partial charge is 0.222 e. The van der Waals surface area contributed by atoms with Crippen LogP contribution < -0.4 is 0 Å². The summed E-state index contributed by atoms with van der Waals surface area (Å²) in [5.41, 5.74) is 1.38. The Labute approximate surface area is 173 Å². The van der Waals surface area contributed by atoms with Gasteiger partial charge in [0.2, 0.25) is 11.8 Å². The van der Waals surface area contributed by atoms with Crippen LogP contribution in [-0.2, 0) is 9.59 Å². The van der Waals surface area contributed by atoms with Crippen molar-refractivity contribution >= 4 is 34.5 Å². The highest BCUT2D eigenvalue weighted by Gasteiger charge is 2.27. The lowest BCUT2D eigenvalue weighted by Crippen LogP contribution is -2.39. The fourth-order valence-electron chi connectivity index (χ4n) is 4.15. The van der Waals surface area contributed by atoms with Gasteiger partial charge in [0.15, 0.2) is 5.58 Å². The molecule has 1 aromatic heterocycles. The van der Waals surface area contributed by atoms with Gasteiger partial charge < -0.3 is 14.3 Å². The summed E-state index contributed by atoms with van der Waals surface area (Å²) in [5.74, 6) is 2.16. The number of amides is 2. The number of thioether (sulfide) groups is 1. The van der Waals surface area contributed by atoms with Gasteiger partial charge in [-0.15, -0.1) is 0 Å². The van der Waals surface area contributed by atoms with Gasteiger partial charge >= 0.3 is 0 Å². The van der Waals surface area contributed by atoms with Crippen LogP contribution in [0.2, 0.25) is 0 Å². The molecule has 8 heteroatoms. The topological polar surface area (TPSA) is 66.7 Å². The SMILES string of the molecule is O=C(CCCC(=O)N1CCC(c2noc3ccc(F)cc23)CC1)N1CCSCC1. The Morgan fingerprint density at radius 3 is 2.41 bits per heavy atom. The van der Waals surface area contributed by atoms with Gasteiger partial charge in [-0.2, -0.15) is 11.8 Å². The van der Waals surface area contributed by atoms with Crippen molar-refractivity contribution in [2.75, 3.05) is 37.7 Å². The van der Waals surface area contributed by atoms with Crippen molar-refractivity contribution in [1.29, 1.82) is 0 Å². The lowest BCUT2D eigenvalue weighted by molar-refractivity contribution is -0.133. The number of halogens is 1. The molecule has 0 aliphatic carbocycles. The predicted molar refractivity (Wildman–Crippen MR) is 110 cm³/mol. The summed E-state index contributed by atoms with van der Waals surface area (Å²) >= 11 is 1.88. The third-order valence-corrected chi connectivity index (χ3v) is 6.78. The molecule has 2 aromatic rings. The van der Waals surface area contributed by atoms with Gasteiger partial charge in [0.05, 0.1) is 5.69 Å². The second-order valence-corrected chi connectivity index (χ2v) is 8.93. The second-order valence-electron chi connectivity index (χ2n) is 7.71. The maximum Gasteiger partial charge on any atom is 0.222 e. The summed E-state index contributed by atoms with van der Waals surface area (Å²) in [7, 11) is 0. The molecule has 2 amide bonds. The average molecular weight is 420 g/mol. The quantitative estimate of drug-likeness (QED) is 0.743.